The van der Waals surface area contributed by atoms with Crippen LogP contribution in [0.4, 0.5) is 5.69 Å². The average Bonchev–Trinajstić information content (AvgIpc) is 3.15. The SMILES string of the molecule is CCn1c(O)c(N=NC(=O)c2cc(C(C)(C)C)[nH]n2)c2ccccc21. The van der Waals surface area contributed by atoms with Crippen molar-refractivity contribution < 1.29 is 9.90 Å². The van der Waals surface area contributed by atoms with Gasteiger partial charge in [0.2, 0.25) is 5.88 Å². The number of benzene rings is 1. The second kappa shape index (κ2) is 6.16. The number of hydrogen-bond acceptors (Lipinski definition) is 4. The van der Waals surface area contributed by atoms with E-state index < -0.39 is 5.91 Å². The summed E-state index contributed by atoms with van der Waals surface area (Å²) in [5, 5.41) is 25.7. The second-order valence-corrected chi connectivity index (χ2v) is 6.86. The van der Waals surface area contributed by atoms with Crippen molar-refractivity contribution in [1.29, 1.82) is 0 Å². The van der Waals surface area contributed by atoms with Gasteiger partial charge in [0.25, 0.3) is 0 Å². The lowest BCUT2D eigenvalue weighted by Gasteiger charge is -2.14. The normalized spacial score (nSPS) is 12.3. The highest BCUT2D eigenvalue weighted by Crippen LogP contribution is 2.38. The zero-order chi connectivity index (χ0) is 18.2. The van der Waals surface area contributed by atoms with Crippen LogP contribution in [-0.4, -0.2) is 25.8 Å². The van der Waals surface area contributed by atoms with Crippen molar-refractivity contribution in [3.05, 3.63) is 41.7 Å². The van der Waals surface area contributed by atoms with Gasteiger partial charge in [-0.05, 0) is 19.1 Å². The summed E-state index contributed by atoms with van der Waals surface area (Å²) in [5.41, 5.74) is 2.04. The van der Waals surface area contributed by atoms with Crippen molar-refractivity contribution >= 4 is 22.5 Å². The van der Waals surface area contributed by atoms with Gasteiger partial charge >= 0.3 is 5.91 Å². The summed E-state index contributed by atoms with van der Waals surface area (Å²) < 4.78 is 1.72. The molecule has 0 saturated heterocycles. The zero-order valence-corrected chi connectivity index (χ0v) is 14.7. The molecule has 0 aliphatic carbocycles. The molecule has 0 aliphatic rings. The summed E-state index contributed by atoms with van der Waals surface area (Å²) in [6, 6.07) is 9.15. The highest BCUT2D eigenvalue weighted by molar-refractivity contribution is 5.96. The maximum Gasteiger partial charge on any atom is 0.315 e. The zero-order valence-electron chi connectivity index (χ0n) is 14.7. The fourth-order valence-electron chi connectivity index (χ4n) is 2.65. The van der Waals surface area contributed by atoms with Crippen LogP contribution in [0, 0.1) is 0 Å². The van der Waals surface area contributed by atoms with Gasteiger partial charge in [-0.15, -0.1) is 10.2 Å². The molecular weight excluding hydrogens is 318 g/mol. The van der Waals surface area contributed by atoms with E-state index in [-0.39, 0.29) is 22.7 Å². The molecular formula is C18H21N5O2. The first kappa shape index (κ1) is 16.9. The van der Waals surface area contributed by atoms with Crippen LogP contribution in [0.25, 0.3) is 10.9 Å². The predicted octanol–water partition coefficient (Wildman–Crippen LogP) is 4.31. The smallest absolute Gasteiger partial charge is 0.315 e. The lowest BCUT2D eigenvalue weighted by Crippen LogP contribution is -2.11. The van der Waals surface area contributed by atoms with Crippen LogP contribution < -0.4 is 0 Å². The van der Waals surface area contributed by atoms with E-state index in [0.29, 0.717) is 6.54 Å². The number of aromatic nitrogens is 3. The molecule has 1 aromatic carbocycles. The Labute approximate surface area is 145 Å². The second-order valence-electron chi connectivity index (χ2n) is 6.86. The predicted molar refractivity (Wildman–Crippen MR) is 95.4 cm³/mol. The Balaban J connectivity index is 1.95. The number of carbonyl (C=O) groups is 1. The van der Waals surface area contributed by atoms with Gasteiger partial charge in [-0.1, -0.05) is 39.0 Å². The van der Waals surface area contributed by atoms with Crippen molar-refractivity contribution in [1.82, 2.24) is 14.8 Å². The first-order chi connectivity index (χ1) is 11.8. The summed E-state index contributed by atoms with van der Waals surface area (Å²) >= 11 is 0. The Morgan fingerprint density at radius 3 is 2.68 bits per heavy atom. The molecule has 0 unspecified atom stereocenters. The largest absolute Gasteiger partial charge is 0.493 e. The lowest BCUT2D eigenvalue weighted by molar-refractivity contribution is 0.0990. The lowest BCUT2D eigenvalue weighted by atomic mass is 9.92. The Hall–Kier alpha value is -2.96. The molecule has 0 fully saturated rings. The number of fused-ring (bicyclic) bond motifs is 1. The minimum Gasteiger partial charge on any atom is -0.493 e. The maximum absolute atomic E-state index is 12.3. The van der Waals surface area contributed by atoms with Gasteiger partial charge in [-0.2, -0.15) is 5.10 Å². The number of aromatic amines is 1. The number of rotatable bonds is 3. The molecule has 130 valence electrons. The van der Waals surface area contributed by atoms with E-state index in [1.807, 2.05) is 52.0 Å². The first-order valence-corrected chi connectivity index (χ1v) is 8.15. The van der Waals surface area contributed by atoms with E-state index >= 15 is 0 Å². The molecule has 0 radical (unpaired) electrons. The highest BCUT2D eigenvalue weighted by Gasteiger charge is 2.20. The third-order valence-corrected chi connectivity index (χ3v) is 4.08. The van der Waals surface area contributed by atoms with Gasteiger partial charge in [-0.3, -0.25) is 9.89 Å². The van der Waals surface area contributed by atoms with Crippen LogP contribution in [0.15, 0.2) is 40.6 Å². The number of azo groups is 1. The molecule has 0 spiro atoms. The standard InChI is InChI=1S/C18H21N5O2/c1-5-23-13-9-7-6-8-11(13)15(17(23)25)21-22-16(24)12-10-14(20-19-12)18(2,3)4/h6-10,25H,5H2,1-4H3,(H,19,20). The molecule has 2 aromatic heterocycles. The van der Waals surface area contributed by atoms with Crippen LogP contribution in [0.2, 0.25) is 0 Å². The van der Waals surface area contributed by atoms with Gasteiger partial charge in [0, 0.05) is 23.0 Å². The van der Waals surface area contributed by atoms with E-state index in [1.54, 1.807) is 10.6 Å². The molecule has 2 N–H and O–H groups in total. The first-order valence-electron chi connectivity index (χ1n) is 8.15. The molecule has 0 bridgehead atoms. The molecule has 0 aliphatic heterocycles. The molecule has 3 rings (SSSR count). The topological polar surface area (TPSA) is 95.6 Å². The molecule has 0 saturated carbocycles. The quantitative estimate of drug-likeness (QED) is 0.696. The minimum absolute atomic E-state index is 0.00217. The van der Waals surface area contributed by atoms with E-state index in [1.165, 1.54) is 0 Å². The van der Waals surface area contributed by atoms with E-state index in [2.05, 4.69) is 20.4 Å². The van der Waals surface area contributed by atoms with Crippen molar-refractivity contribution in [3.8, 4) is 5.88 Å². The van der Waals surface area contributed by atoms with Crippen molar-refractivity contribution in [2.45, 2.75) is 39.7 Å². The Bertz CT molecular complexity index is 960. The third-order valence-electron chi connectivity index (χ3n) is 4.08. The maximum atomic E-state index is 12.3. The van der Waals surface area contributed by atoms with Gasteiger partial charge in [-0.25, -0.2) is 0 Å². The summed E-state index contributed by atoms with van der Waals surface area (Å²) in [5.74, 6) is -0.558. The number of hydrogen-bond donors (Lipinski definition) is 2. The number of para-hydroxylation sites is 1. The number of aryl methyl sites for hydroxylation is 1. The fraction of sp³-hybridized carbons (Fsp3) is 0.333. The molecule has 25 heavy (non-hydrogen) atoms. The summed E-state index contributed by atoms with van der Waals surface area (Å²) in [6.07, 6.45) is 0. The molecule has 3 aromatic rings. The number of carbonyl (C=O) groups excluding carboxylic acids is 1. The Kier molecular flexibility index (Phi) is 4.16. The van der Waals surface area contributed by atoms with Crippen LogP contribution in [0.5, 0.6) is 5.88 Å². The van der Waals surface area contributed by atoms with Gasteiger partial charge in [0.1, 0.15) is 0 Å². The van der Waals surface area contributed by atoms with Crippen molar-refractivity contribution in [2.24, 2.45) is 10.2 Å². The number of H-pyrrole nitrogens is 1. The Morgan fingerprint density at radius 2 is 2.04 bits per heavy atom. The Morgan fingerprint density at radius 1 is 1.32 bits per heavy atom. The summed E-state index contributed by atoms with van der Waals surface area (Å²) in [6.45, 7) is 8.58. The third kappa shape index (κ3) is 3.05. The van der Waals surface area contributed by atoms with Gasteiger partial charge < -0.3 is 9.67 Å². The molecule has 7 heteroatoms. The minimum atomic E-state index is -0.556. The van der Waals surface area contributed by atoms with Crippen molar-refractivity contribution in [3.63, 3.8) is 0 Å². The molecule has 7 nitrogen and oxygen atoms in total. The summed E-state index contributed by atoms with van der Waals surface area (Å²) in [7, 11) is 0. The average molecular weight is 339 g/mol. The number of nitrogens with zero attached hydrogens (tertiary/aromatic N) is 4. The van der Waals surface area contributed by atoms with E-state index in [0.717, 1.165) is 16.6 Å². The number of amides is 1. The molecule has 2 heterocycles. The van der Waals surface area contributed by atoms with E-state index in [9.17, 15) is 9.90 Å². The summed E-state index contributed by atoms with van der Waals surface area (Å²) in [4.78, 5) is 12.3. The van der Waals surface area contributed by atoms with Crippen LogP contribution in [-0.2, 0) is 12.0 Å². The van der Waals surface area contributed by atoms with Crippen LogP contribution in [0.1, 0.15) is 43.9 Å². The van der Waals surface area contributed by atoms with Gasteiger partial charge in [0.05, 0.1) is 5.52 Å². The molecule has 0 atom stereocenters. The highest BCUT2D eigenvalue weighted by atomic mass is 16.3. The van der Waals surface area contributed by atoms with Crippen LogP contribution >= 0.6 is 0 Å². The van der Waals surface area contributed by atoms with Crippen molar-refractivity contribution in [2.75, 3.05) is 0 Å². The van der Waals surface area contributed by atoms with Crippen LogP contribution in [0.3, 0.4) is 0 Å². The number of nitrogens with one attached hydrogen (secondary N) is 1. The monoisotopic (exact) mass is 339 g/mol. The fourth-order valence-corrected chi connectivity index (χ4v) is 2.65. The molecule has 1 amide bonds. The van der Waals surface area contributed by atoms with Gasteiger partial charge in [0.15, 0.2) is 11.4 Å². The van der Waals surface area contributed by atoms with E-state index in [4.69, 9.17) is 0 Å². The number of aromatic hydroxyl groups is 1.